The van der Waals surface area contributed by atoms with E-state index >= 15 is 0 Å². The molecule has 0 aliphatic carbocycles. The van der Waals surface area contributed by atoms with Crippen LogP contribution in [0, 0.1) is 0 Å². The quantitative estimate of drug-likeness (QED) is 0.527. The molecule has 0 aromatic rings. The molecule has 0 saturated carbocycles. The fourth-order valence-electron chi connectivity index (χ4n) is 0.738. The molecule has 0 fully saturated rings. The molecule has 0 radical (unpaired) electrons. The molecule has 4 heteroatoms. The van der Waals surface area contributed by atoms with Crippen molar-refractivity contribution in [2.75, 3.05) is 0 Å². The van der Waals surface area contributed by atoms with Crippen LogP contribution in [0.1, 0.15) is 6.42 Å². The zero-order chi connectivity index (χ0) is 7.56. The van der Waals surface area contributed by atoms with Gasteiger partial charge in [-0.1, -0.05) is 0 Å². The second-order valence-corrected chi connectivity index (χ2v) is 2.10. The summed E-state index contributed by atoms with van der Waals surface area (Å²) in [5.41, 5.74) is 5.94. The van der Waals surface area contributed by atoms with Crippen molar-refractivity contribution in [3.63, 3.8) is 0 Å². The number of aliphatic imine (C=N–C) groups is 1. The lowest BCUT2D eigenvalue weighted by atomic mass is 10.1. The zero-order valence-electron chi connectivity index (χ0n) is 5.32. The minimum absolute atomic E-state index is 0.325. The molecular weight excluding hydrogens is 132 g/mol. The average Bonchev–Trinajstić information content (AvgIpc) is 1.88. The highest BCUT2D eigenvalue weighted by Crippen LogP contribution is 2.07. The second kappa shape index (κ2) is 2.51. The van der Waals surface area contributed by atoms with Crippen molar-refractivity contribution in [2.45, 2.75) is 12.5 Å². The maximum Gasteiger partial charge on any atom is 0.328 e. The van der Waals surface area contributed by atoms with Gasteiger partial charge in [-0.2, -0.15) is 0 Å². The maximum absolute atomic E-state index is 10.3. The monoisotopic (exact) mass is 140 g/mol. The summed E-state index contributed by atoms with van der Waals surface area (Å²) >= 11 is 0. The summed E-state index contributed by atoms with van der Waals surface area (Å²) in [6.07, 6.45) is 3.36. The molecule has 10 heavy (non-hydrogen) atoms. The van der Waals surface area contributed by atoms with Crippen LogP contribution < -0.4 is 5.73 Å². The summed E-state index contributed by atoms with van der Waals surface area (Å²) in [4.78, 5) is 14.0. The van der Waals surface area contributed by atoms with Crippen molar-refractivity contribution in [1.29, 1.82) is 0 Å². The van der Waals surface area contributed by atoms with E-state index in [0.29, 0.717) is 12.1 Å². The molecule has 1 atom stereocenters. The highest BCUT2D eigenvalue weighted by molar-refractivity contribution is 5.81. The SMILES string of the molecule is NC1=CC=NC(C(=O)O)C1. The van der Waals surface area contributed by atoms with Crippen LogP contribution in [0.5, 0.6) is 0 Å². The number of dihydropyridines is 1. The van der Waals surface area contributed by atoms with Crippen LogP contribution in [0.25, 0.3) is 0 Å². The topological polar surface area (TPSA) is 75.7 Å². The molecule has 54 valence electrons. The first-order chi connectivity index (χ1) is 4.70. The molecule has 1 rings (SSSR count). The van der Waals surface area contributed by atoms with Gasteiger partial charge in [-0.05, 0) is 6.08 Å². The largest absolute Gasteiger partial charge is 0.480 e. The average molecular weight is 140 g/mol. The number of nitrogens with two attached hydrogens (primary N) is 1. The van der Waals surface area contributed by atoms with Gasteiger partial charge in [-0.3, -0.25) is 4.99 Å². The number of carbonyl (C=O) groups is 1. The van der Waals surface area contributed by atoms with Crippen LogP contribution in [0.3, 0.4) is 0 Å². The summed E-state index contributed by atoms with van der Waals surface area (Å²) in [6.45, 7) is 0. The number of hydrogen-bond acceptors (Lipinski definition) is 3. The molecule has 0 bridgehead atoms. The Kier molecular flexibility index (Phi) is 1.71. The summed E-state index contributed by atoms with van der Waals surface area (Å²) < 4.78 is 0. The predicted octanol–water partition coefficient (Wildman–Crippen LogP) is -0.243. The Morgan fingerprint density at radius 2 is 2.60 bits per heavy atom. The molecular formula is C6H8N2O2. The summed E-state index contributed by atoms with van der Waals surface area (Å²) in [5, 5.41) is 8.46. The molecule has 0 spiro atoms. The Bertz CT molecular complexity index is 208. The van der Waals surface area contributed by atoms with Gasteiger partial charge in [0.15, 0.2) is 6.04 Å². The summed E-state index contributed by atoms with van der Waals surface area (Å²) in [6, 6.07) is -0.676. The lowest BCUT2D eigenvalue weighted by Gasteiger charge is -2.09. The van der Waals surface area contributed by atoms with Crippen molar-refractivity contribution in [1.82, 2.24) is 0 Å². The van der Waals surface area contributed by atoms with E-state index in [-0.39, 0.29) is 0 Å². The first-order valence-electron chi connectivity index (χ1n) is 2.91. The van der Waals surface area contributed by atoms with Gasteiger partial charge < -0.3 is 10.8 Å². The third-order valence-corrected chi connectivity index (χ3v) is 1.27. The molecule has 1 heterocycles. The highest BCUT2D eigenvalue weighted by atomic mass is 16.4. The second-order valence-electron chi connectivity index (χ2n) is 2.10. The first-order valence-corrected chi connectivity index (χ1v) is 2.91. The van der Waals surface area contributed by atoms with E-state index in [2.05, 4.69) is 4.99 Å². The minimum Gasteiger partial charge on any atom is -0.480 e. The first kappa shape index (κ1) is 6.80. The van der Waals surface area contributed by atoms with E-state index in [1.807, 2.05) is 0 Å². The van der Waals surface area contributed by atoms with Crippen molar-refractivity contribution >= 4 is 12.2 Å². The van der Waals surface area contributed by atoms with Gasteiger partial charge in [-0.15, -0.1) is 0 Å². The molecule has 1 aliphatic heterocycles. The number of aliphatic carboxylic acids is 1. The van der Waals surface area contributed by atoms with E-state index in [4.69, 9.17) is 10.8 Å². The van der Waals surface area contributed by atoms with E-state index in [9.17, 15) is 4.79 Å². The number of carboxylic acid groups (broad SMARTS) is 1. The molecule has 0 aromatic carbocycles. The van der Waals surface area contributed by atoms with Gasteiger partial charge in [0.25, 0.3) is 0 Å². The van der Waals surface area contributed by atoms with Gasteiger partial charge >= 0.3 is 5.97 Å². The summed E-state index contributed by atoms with van der Waals surface area (Å²) in [5.74, 6) is -0.924. The van der Waals surface area contributed by atoms with Crippen molar-refractivity contribution in [3.8, 4) is 0 Å². The van der Waals surface area contributed by atoms with Gasteiger partial charge in [0.2, 0.25) is 0 Å². The number of rotatable bonds is 1. The zero-order valence-corrected chi connectivity index (χ0v) is 5.32. The van der Waals surface area contributed by atoms with Gasteiger partial charge in [0.05, 0.1) is 0 Å². The molecule has 0 saturated heterocycles. The van der Waals surface area contributed by atoms with Gasteiger partial charge in [-0.25, -0.2) is 4.79 Å². The predicted molar refractivity (Wildman–Crippen MR) is 36.8 cm³/mol. The number of hydrogen-bond donors (Lipinski definition) is 2. The standard InChI is InChI=1S/C6H8N2O2/c7-4-1-2-8-5(3-4)6(9)10/h1-2,5H,3,7H2,(H,9,10). The van der Waals surface area contributed by atoms with E-state index in [1.165, 1.54) is 6.21 Å². The normalized spacial score (nSPS) is 24.0. The van der Waals surface area contributed by atoms with Gasteiger partial charge in [0, 0.05) is 18.3 Å². The van der Waals surface area contributed by atoms with Crippen LogP contribution in [-0.4, -0.2) is 23.3 Å². The van der Waals surface area contributed by atoms with Crippen LogP contribution in [0.2, 0.25) is 0 Å². The fourth-order valence-corrected chi connectivity index (χ4v) is 0.738. The summed E-state index contributed by atoms with van der Waals surface area (Å²) in [7, 11) is 0. The Hall–Kier alpha value is -1.32. The Morgan fingerprint density at radius 1 is 1.90 bits per heavy atom. The molecule has 4 nitrogen and oxygen atoms in total. The minimum atomic E-state index is -0.924. The lowest BCUT2D eigenvalue weighted by molar-refractivity contribution is -0.138. The smallest absolute Gasteiger partial charge is 0.328 e. The lowest BCUT2D eigenvalue weighted by Crippen LogP contribution is -2.22. The van der Waals surface area contributed by atoms with E-state index < -0.39 is 12.0 Å². The maximum atomic E-state index is 10.3. The fraction of sp³-hybridized carbons (Fsp3) is 0.333. The van der Waals surface area contributed by atoms with Crippen LogP contribution in [-0.2, 0) is 4.79 Å². The Balaban J connectivity index is 2.64. The van der Waals surface area contributed by atoms with Crippen LogP contribution in [0.4, 0.5) is 0 Å². The molecule has 0 aromatic heterocycles. The number of carboxylic acids is 1. The van der Waals surface area contributed by atoms with Crippen LogP contribution in [0.15, 0.2) is 16.8 Å². The third-order valence-electron chi connectivity index (χ3n) is 1.27. The highest BCUT2D eigenvalue weighted by Gasteiger charge is 2.17. The third kappa shape index (κ3) is 1.34. The molecule has 1 unspecified atom stereocenters. The molecule has 1 aliphatic rings. The number of nitrogens with zero attached hydrogens (tertiary/aromatic N) is 1. The van der Waals surface area contributed by atoms with E-state index in [1.54, 1.807) is 6.08 Å². The molecule has 0 amide bonds. The van der Waals surface area contributed by atoms with Crippen molar-refractivity contribution < 1.29 is 9.90 Å². The van der Waals surface area contributed by atoms with Gasteiger partial charge in [0.1, 0.15) is 0 Å². The number of allylic oxidation sites excluding steroid dienone is 1. The van der Waals surface area contributed by atoms with E-state index in [0.717, 1.165) is 0 Å². The van der Waals surface area contributed by atoms with Crippen LogP contribution >= 0.6 is 0 Å². The Morgan fingerprint density at radius 3 is 3.00 bits per heavy atom. The Labute approximate surface area is 58.1 Å². The molecule has 3 N–H and O–H groups in total. The van der Waals surface area contributed by atoms with Crippen molar-refractivity contribution in [3.05, 3.63) is 11.8 Å². The van der Waals surface area contributed by atoms with Crippen molar-refractivity contribution in [2.24, 2.45) is 10.7 Å².